The summed E-state index contributed by atoms with van der Waals surface area (Å²) in [4.78, 5) is 27.1. The molecule has 1 N–H and O–H groups in total. The molecule has 9 heteroatoms. The average molecular weight is 438 g/mol. The van der Waals surface area contributed by atoms with Crippen molar-refractivity contribution in [3.05, 3.63) is 29.3 Å². The Balaban J connectivity index is 1.54. The van der Waals surface area contributed by atoms with Crippen molar-refractivity contribution in [2.75, 3.05) is 39.4 Å². The van der Waals surface area contributed by atoms with E-state index >= 15 is 0 Å². The van der Waals surface area contributed by atoms with Gasteiger partial charge in [0, 0.05) is 32.1 Å². The first kappa shape index (κ1) is 22.7. The summed E-state index contributed by atoms with van der Waals surface area (Å²) in [5.41, 5.74) is 1.98. The van der Waals surface area contributed by atoms with E-state index in [1.54, 1.807) is 24.0 Å². The molecule has 1 aromatic rings. The van der Waals surface area contributed by atoms with Crippen LogP contribution in [0.4, 0.5) is 0 Å². The van der Waals surface area contributed by atoms with E-state index in [1.165, 1.54) is 4.31 Å². The quantitative estimate of drug-likeness (QED) is 0.743. The van der Waals surface area contributed by atoms with Crippen LogP contribution in [0.1, 0.15) is 30.9 Å². The number of aryl methyl sites for hydroxylation is 2. The summed E-state index contributed by atoms with van der Waals surface area (Å²) in [6.07, 6.45) is 0.878. The normalized spacial score (nSPS) is 20.0. The van der Waals surface area contributed by atoms with Crippen LogP contribution in [0, 0.1) is 19.8 Å². The molecule has 1 unspecified atom stereocenters. The predicted octanol–water partition coefficient (Wildman–Crippen LogP) is 1.07. The Bertz CT molecular complexity index is 888. The maximum atomic E-state index is 12.9. The molecule has 2 fully saturated rings. The summed E-state index contributed by atoms with van der Waals surface area (Å²) in [7, 11) is -3.57. The number of carbonyl (C=O) groups is 2. The molecule has 166 valence electrons. The predicted molar refractivity (Wildman–Crippen MR) is 112 cm³/mol. The van der Waals surface area contributed by atoms with Crippen LogP contribution < -0.4 is 5.32 Å². The van der Waals surface area contributed by atoms with Crippen LogP contribution in [0.5, 0.6) is 0 Å². The molecule has 2 aliphatic rings. The standard InChI is InChI=1S/C21H31N3O5S/c1-15-4-5-19(14-16(15)2)30(27,28)24-8-6-18(7-9-24)20(25)22-17(3)21(26)23-10-12-29-13-11-23/h4-5,14,17-18H,6-13H2,1-3H3,(H,22,25). The molecule has 1 atom stereocenters. The molecular formula is C21H31N3O5S. The van der Waals surface area contributed by atoms with Crippen LogP contribution in [-0.4, -0.2) is 74.9 Å². The highest BCUT2D eigenvalue weighted by atomic mass is 32.2. The van der Waals surface area contributed by atoms with Crippen molar-refractivity contribution in [2.24, 2.45) is 5.92 Å². The second-order valence-corrected chi connectivity index (χ2v) is 10.0. The Kier molecular flexibility index (Phi) is 7.15. The van der Waals surface area contributed by atoms with Gasteiger partial charge in [-0.2, -0.15) is 4.31 Å². The second-order valence-electron chi connectivity index (χ2n) is 8.09. The Hall–Kier alpha value is -1.97. The van der Waals surface area contributed by atoms with Crippen LogP contribution >= 0.6 is 0 Å². The second kappa shape index (κ2) is 9.45. The van der Waals surface area contributed by atoms with Crippen LogP contribution in [-0.2, 0) is 24.3 Å². The zero-order valence-corrected chi connectivity index (χ0v) is 18.7. The first-order chi connectivity index (χ1) is 14.2. The lowest BCUT2D eigenvalue weighted by molar-refractivity contribution is -0.140. The fourth-order valence-corrected chi connectivity index (χ4v) is 5.39. The summed E-state index contributed by atoms with van der Waals surface area (Å²) in [6, 6.07) is 4.54. The number of amides is 2. The third-order valence-corrected chi connectivity index (χ3v) is 7.89. The van der Waals surface area contributed by atoms with Gasteiger partial charge in [-0.15, -0.1) is 0 Å². The molecule has 0 aliphatic carbocycles. The van der Waals surface area contributed by atoms with Crippen molar-refractivity contribution in [3.8, 4) is 0 Å². The number of hydrogen-bond acceptors (Lipinski definition) is 5. The molecule has 2 heterocycles. The molecule has 3 rings (SSSR count). The van der Waals surface area contributed by atoms with E-state index in [9.17, 15) is 18.0 Å². The number of hydrogen-bond donors (Lipinski definition) is 1. The third kappa shape index (κ3) is 5.01. The van der Waals surface area contributed by atoms with Crippen molar-refractivity contribution in [2.45, 2.75) is 44.6 Å². The van der Waals surface area contributed by atoms with Crippen molar-refractivity contribution in [3.63, 3.8) is 0 Å². The number of benzene rings is 1. The molecule has 2 amide bonds. The highest BCUT2D eigenvalue weighted by Crippen LogP contribution is 2.25. The number of rotatable bonds is 5. The molecule has 0 spiro atoms. The number of morpholine rings is 1. The van der Waals surface area contributed by atoms with Crippen molar-refractivity contribution >= 4 is 21.8 Å². The molecule has 2 saturated heterocycles. The third-order valence-electron chi connectivity index (χ3n) is 5.99. The Morgan fingerprint density at radius 2 is 1.70 bits per heavy atom. The maximum Gasteiger partial charge on any atom is 0.245 e. The number of nitrogens with zero attached hydrogens (tertiary/aromatic N) is 2. The summed E-state index contributed by atoms with van der Waals surface area (Å²) in [5.74, 6) is -0.593. The molecule has 2 aliphatic heterocycles. The molecular weight excluding hydrogens is 406 g/mol. The van der Waals surface area contributed by atoms with E-state index in [0.717, 1.165) is 11.1 Å². The lowest BCUT2D eigenvalue weighted by Crippen LogP contribution is -2.52. The summed E-state index contributed by atoms with van der Waals surface area (Å²) in [5, 5.41) is 2.81. The van der Waals surface area contributed by atoms with Gasteiger partial charge < -0.3 is 15.0 Å². The lowest BCUT2D eigenvalue weighted by Gasteiger charge is -2.32. The van der Waals surface area contributed by atoms with Gasteiger partial charge in [-0.1, -0.05) is 6.07 Å². The number of carbonyl (C=O) groups excluding carboxylic acids is 2. The summed E-state index contributed by atoms with van der Waals surface area (Å²) >= 11 is 0. The average Bonchev–Trinajstić information content (AvgIpc) is 2.75. The number of ether oxygens (including phenoxy) is 1. The summed E-state index contributed by atoms with van der Waals surface area (Å²) in [6.45, 7) is 8.21. The Morgan fingerprint density at radius 1 is 1.07 bits per heavy atom. The van der Waals surface area contributed by atoms with Gasteiger partial charge in [-0.25, -0.2) is 8.42 Å². The molecule has 0 saturated carbocycles. The van der Waals surface area contributed by atoms with E-state index < -0.39 is 16.1 Å². The number of nitrogens with one attached hydrogen (secondary N) is 1. The maximum absolute atomic E-state index is 12.9. The minimum atomic E-state index is -3.57. The van der Waals surface area contributed by atoms with Gasteiger partial charge in [0.1, 0.15) is 6.04 Å². The fourth-order valence-electron chi connectivity index (χ4n) is 3.83. The topological polar surface area (TPSA) is 96.0 Å². The zero-order chi connectivity index (χ0) is 21.9. The van der Waals surface area contributed by atoms with Gasteiger partial charge in [0.25, 0.3) is 0 Å². The summed E-state index contributed by atoms with van der Waals surface area (Å²) < 4.78 is 32.6. The van der Waals surface area contributed by atoms with Crippen molar-refractivity contribution < 1.29 is 22.7 Å². The van der Waals surface area contributed by atoms with Crippen LogP contribution in [0.25, 0.3) is 0 Å². The van der Waals surface area contributed by atoms with Gasteiger partial charge in [0.2, 0.25) is 21.8 Å². The minimum absolute atomic E-state index is 0.110. The molecule has 0 bridgehead atoms. The van der Waals surface area contributed by atoms with E-state index in [4.69, 9.17) is 4.74 Å². The zero-order valence-electron chi connectivity index (χ0n) is 17.9. The van der Waals surface area contributed by atoms with Crippen molar-refractivity contribution in [1.82, 2.24) is 14.5 Å². The molecule has 30 heavy (non-hydrogen) atoms. The molecule has 0 aromatic heterocycles. The van der Waals surface area contributed by atoms with E-state index in [0.29, 0.717) is 57.1 Å². The highest BCUT2D eigenvalue weighted by molar-refractivity contribution is 7.89. The van der Waals surface area contributed by atoms with E-state index in [-0.39, 0.29) is 17.7 Å². The highest BCUT2D eigenvalue weighted by Gasteiger charge is 2.33. The lowest BCUT2D eigenvalue weighted by atomic mass is 9.97. The smallest absolute Gasteiger partial charge is 0.245 e. The number of piperidine rings is 1. The fraction of sp³-hybridized carbons (Fsp3) is 0.619. The molecule has 8 nitrogen and oxygen atoms in total. The van der Waals surface area contributed by atoms with Crippen LogP contribution in [0.2, 0.25) is 0 Å². The van der Waals surface area contributed by atoms with Crippen molar-refractivity contribution in [1.29, 1.82) is 0 Å². The largest absolute Gasteiger partial charge is 0.378 e. The molecule has 0 radical (unpaired) electrons. The number of sulfonamides is 1. The first-order valence-electron chi connectivity index (χ1n) is 10.4. The minimum Gasteiger partial charge on any atom is -0.378 e. The Morgan fingerprint density at radius 3 is 2.30 bits per heavy atom. The SMILES string of the molecule is Cc1ccc(S(=O)(=O)N2CCC(C(=O)NC(C)C(=O)N3CCOCC3)CC2)cc1C. The van der Waals surface area contributed by atoms with Crippen LogP contribution in [0.3, 0.4) is 0 Å². The Labute approximate surface area is 178 Å². The van der Waals surface area contributed by atoms with E-state index in [2.05, 4.69) is 5.32 Å². The van der Waals surface area contributed by atoms with Gasteiger partial charge in [-0.05, 0) is 56.9 Å². The van der Waals surface area contributed by atoms with Gasteiger partial charge in [-0.3, -0.25) is 9.59 Å². The van der Waals surface area contributed by atoms with Crippen LogP contribution in [0.15, 0.2) is 23.1 Å². The van der Waals surface area contributed by atoms with Gasteiger partial charge in [0.15, 0.2) is 0 Å². The van der Waals surface area contributed by atoms with Gasteiger partial charge in [0.05, 0.1) is 18.1 Å². The monoisotopic (exact) mass is 437 g/mol. The van der Waals surface area contributed by atoms with E-state index in [1.807, 2.05) is 19.9 Å². The first-order valence-corrected chi connectivity index (χ1v) is 11.9. The molecule has 1 aromatic carbocycles. The van der Waals surface area contributed by atoms with Gasteiger partial charge >= 0.3 is 0 Å².